The van der Waals surface area contributed by atoms with Crippen molar-refractivity contribution in [2.45, 2.75) is 25.9 Å². The van der Waals surface area contributed by atoms with Gasteiger partial charge in [-0.2, -0.15) is 0 Å². The van der Waals surface area contributed by atoms with Crippen LogP contribution in [-0.2, 0) is 4.79 Å². The number of carboxylic acid groups (broad SMARTS) is 1. The number of carbonyl (C=O) groups is 1. The standard InChI is InChI=1S/C6H11N5O2/c1-3(2)11-5(8-9-10-11)4(7)6(12)13/h3-4H,7H2,1-2H3,(H,12,13). The first-order valence-electron chi connectivity index (χ1n) is 3.80. The van der Waals surface area contributed by atoms with Gasteiger partial charge >= 0.3 is 5.97 Å². The number of hydrogen-bond acceptors (Lipinski definition) is 5. The maximum absolute atomic E-state index is 10.5. The fourth-order valence-corrected chi connectivity index (χ4v) is 0.884. The minimum atomic E-state index is -1.17. The van der Waals surface area contributed by atoms with E-state index in [1.54, 1.807) is 0 Å². The van der Waals surface area contributed by atoms with E-state index < -0.39 is 12.0 Å². The first kappa shape index (κ1) is 9.59. The van der Waals surface area contributed by atoms with Crippen LogP contribution in [0.5, 0.6) is 0 Å². The number of rotatable bonds is 3. The first-order valence-corrected chi connectivity index (χ1v) is 3.80. The van der Waals surface area contributed by atoms with Crippen molar-refractivity contribution in [1.29, 1.82) is 0 Å². The van der Waals surface area contributed by atoms with Crippen LogP contribution >= 0.6 is 0 Å². The molecule has 0 radical (unpaired) electrons. The molecule has 13 heavy (non-hydrogen) atoms. The molecule has 0 amide bonds. The molecule has 0 aliphatic heterocycles. The SMILES string of the molecule is CC(C)n1nnnc1C(N)C(=O)O. The number of nitrogens with two attached hydrogens (primary N) is 1. The van der Waals surface area contributed by atoms with Crippen LogP contribution in [0.3, 0.4) is 0 Å². The van der Waals surface area contributed by atoms with Crippen molar-refractivity contribution in [3.8, 4) is 0 Å². The smallest absolute Gasteiger partial charge is 0.328 e. The van der Waals surface area contributed by atoms with E-state index in [1.807, 2.05) is 13.8 Å². The average molecular weight is 185 g/mol. The molecule has 7 heteroatoms. The molecule has 0 saturated heterocycles. The lowest BCUT2D eigenvalue weighted by molar-refractivity contribution is -0.138. The van der Waals surface area contributed by atoms with Crippen molar-refractivity contribution in [1.82, 2.24) is 20.2 Å². The predicted molar refractivity (Wildman–Crippen MR) is 42.8 cm³/mol. The van der Waals surface area contributed by atoms with Crippen LogP contribution in [0.1, 0.15) is 31.8 Å². The van der Waals surface area contributed by atoms with Crippen LogP contribution in [0.4, 0.5) is 0 Å². The predicted octanol–water partition coefficient (Wildman–Crippen LogP) is -0.662. The second-order valence-electron chi connectivity index (χ2n) is 2.89. The van der Waals surface area contributed by atoms with Gasteiger partial charge in [0.25, 0.3) is 0 Å². The third-order valence-corrected chi connectivity index (χ3v) is 1.55. The van der Waals surface area contributed by atoms with Crippen LogP contribution < -0.4 is 5.73 Å². The average Bonchev–Trinajstić information content (AvgIpc) is 2.50. The number of nitrogens with zero attached hydrogens (tertiary/aromatic N) is 4. The highest BCUT2D eigenvalue weighted by Crippen LogP contribution is 2.10. The maximum Gasteiger partial charge on any atom is 0.328 e. The molecule has 0 aliphatic carbocycles. The van der Waals surface area contributed by atoms with Gasteiger partial charge in [-0.3, -0.25) is 4.79 Å². The molecule has 0 fully saturated rings. The lowest BCUT2D eigenvalue weighted by atomic mass is 10.3. The van der Waals surface area contributed by atoms with Gasteiger partial charge in [0, 0.05) is 0 Å². The molecule has 1 heterocycles. The van der Waals surface area contributed by atoms with Gasteiger partial charge in [-0.1, -0.05) is 0 Å². The molecule has 0 saturated carbocycles. The first-order chi connectivity index (χ1) is 6.04. The third kappa shape index (κ3) is 1.81. The molecule has 7 nitrogen and oxygen atoms in total. The number of tetrazole rings is 1. The Kier molecular flexibility index (Phi) is 2.57. The highest BCUT2D eigenvalue weighted by atomic mass is 16.4. The zero-order valence-corrected chi connectivity index (χ0v) is 7.38. The van der Waals surface area contributed by atoms with E-state index in [0.717, 1.165) is 0 Å². The fourth-order valence-electron chi connectivity index (χ4n) is 0.884. The second kappa shape index (κ2) is 3.48. The summed E-state index contributed by atoms with van der Waals surface area (Å²) in [6, 6.07) is -1.17. The molecule has 3 N–H and O–H groups in total. The van der Waals surface area contributed by atoms with Crippen LogP contribution in [0.25, 0.3) is 0 Å². The molecule has 72 valence electrons. The number of carboxylic acids is 1. The largest absolute Gasteiger partial charge is 0.480 e. The van der Waals surface area contributed by atoms with Crippen molar-refractivity contribution in [2.75, 3.05) is 0 Å². The molecule has 0 bridgehead atoms. The van der Waals surface area contributed by atoms with Gasteiger partial charge in [0.15, 0.2) is 11.9 Å². The number of aromatic nitrogens is 4. The molecule has 0 aromatic carbocycles. The zero-order chi connectivity index (χ0) is 10.0. The Bertz CT molecular complexity index is 308. The van der Waals surface area contributed by atoms with Crippen molar-refractivity contribution < 1.29 is 9.90 Å². The maximum atomic E-state index is 10.5. The molecule has 1 aromatic rings. The minimum absolute atomic E-state index is 0.00426. The van der Waals surface area contributed by atoms with Crippen LogP contribution in [0.2, 0.25) is 0 Å². The van der Waals surface area contributed by atoms with Crippen LogP contribution in [-0.4, -0.2) is 31.3 Å². The summed E-state index contributed by atoms with van der Waals surface area (Å²) in [6.07, 6.45) is 0. The molecular formula is C6H11N5O2. The fraction of sp³-hybridized carbons (Fsp3) is 0.667. The van der Waals surface area contributed by atoms with Crippen molar-refractivity contribution in [2.24, 2.45) is 5.73 Å². The summed E-state index contributed by atoms with van der Waals surface area (Å²) in [5.41, 5.74) is 5.36. The van der Waals surface area contributed by atoms with Crippen molar-refractivity contribution in [3.63, 3.8) is 0 Å². The molecule has 0 aliphatic rings. The Morgan fingerprint density at radius 2 is 2.23 bits per heavy atom. The van der Waals surface area contributed by atoms with Crippen LogP contribution in [0.15, 0.2) is 0 Å². The van der Waals surface area contributed by atoms with Gasteiger partial charge in [-0.05, 0) is 24.3 Å². The van der Waals surface area contributed by atoms with E-state index in [1.165, 1.54) is 4.68 Å². The summed E-state index contributed by atoms with van der Waals surface area (Å²) in [5, 5.41) is 19.2. The summed E-state index contributed by atoms with van der Waals surface area (Å²) in [4.78, 5) is 10.5. The van der Waals surface area contributed by atoms with Gasteiger partial charge in [-0.25, -0.2) is 4.68 Å². The van der Waals surface area contributed by atoms with E-state index in [0.29, 0.717) is 0 Å². The molecule has 0 spiro atoms. The van der Waals surface area contributed by atoms with E-state index in [2.05, 4.69) is 15.5 Å². The van der Waals surface area contributed by atoms with Gasteiger partial charge in [0.1, 0.15) is 0 Å². The van der Waals surface area contributed by atoms with E-state index >= 15 is 0 Å². The van der Waals surface area contributed by atoms with E-state index in [-0.39, 0.29) is 11.9 Å². The van der Waals surface area contributed by atoms with Gasteiger partial charge < -0.3 is 10.8 Å². The Labute approximate surface area is 74.5 Å². The Balaban J connectivity index is 3.00. The summed E-state index contributed by atoms with van der Waals surface area (Å²) in [7, 11) is 0. The lowest BCUT2D eigenvalue weighted by Gasteiger charge is -2.09. The summed E-state index contributed by atoms with van der Waals surface area (Å²) in [5.74, 6) is -0.973. The quantitative estimate of drug-likeness (QED) is 0.647. The Morgan fingerprint density at radius 3 is 2.69 bits per heavy atom. The minimum Gasteiger partial charge on any atom is -0.480 e. The normalized spacial score (nSPS) is 13.2. The van der Waals surface area contributed by atoms with Crippen molar-refractivity contribution >= 4 is 5.97 Å². The van der Waals surface area contributed by atoms with E-state index in [4.69, 9.17) is 10.8 Å². The summed E-state index contributed by atoms with van der Waals surface area (Å²) < 4.78 is 1.39. The topological polar surface area (TPSA) is 107 Å². The third-order valence-electron chi connectivity index (χ3n) is 1.55. The van der Waals surface area contributed by atoms with E-state index in [9.17, 15) is 4.79 Å². The highest BCUT2D eigenvalue weighted by Gasteiger charge is 2.22. The molecule has 1 atom stereocenters. The number of aliphatic carboxylic acids is 1. The van der Waals surface area contributed by atoms with Crippen LogP contribution in [0, 0.1) is 0 Å². The zero-order valence-electron chi connectivity index (χ0n) is 7.38. The monoisotopic (exact) mass is 185 g/mol. The highest BCUT2D eigenvalue weighted by molar-refractivity contribution is 5.73. The Morgan fingerprint density at radius 1 is 1.62 bits per heavy atom. The molecular weight excluding hydrogens is 174 g/mol. The lowest BCUT2D eigenvalue weighted by Crippen LogP contribution is -2.25. The van der Waals surface area contributed by atoms with Gasteiger partial charge in [0.05, 0.1) is 6.04 Å². The van der Waals surface area contributed by atoms with Gasteiger partial charge in [-0.15, -0.1) is 5.10 Å². The second-order valence-corrected chi connectivity index (χ2v) is 2.89. The summed E-state index contributed by atoms with van der Waals surface area (Å²) >= 11 is 0. The summed E-state index contributed by atoms with van der Waals surface area (Å²) in [6.45, 7) is 3.68. The Hall–Kier alpha value is -1.50. The molecule has 1 unspecified atom stereocenters. The number of hydrogen-bond donors (Lipinski definition) is 2. The molecule has 1 aromatic heterocycles. The van der Waals surface area contributed by atoms with Gasteiger partial charge in [0.2, 0.25) is 0 Å². The van der Waals surface area contributed by atoms with Crippen molar-refractivity contribution in [3.05, 3.63) is 5.82 Å². The molecule has 1 rings (SSSR count).